The van der Waals surface area contributed by atoms with Gasteiger partial charge >= 0.3 is 0 Å². The first-order valence-corrected chi connectivity index (χ1v) is 8.19. The molecule has 0 saturated heterocycles. The van der Waals surface area contributed by atoms with Crippen molar-refractivity contribution in [3.05, 3.63) is 47.5 Å². The molecule has 2 N–H and O–H groups in total. The highest BCUT2D eigenvalue weighted by Gasteiger charge is 2.06. The number of phenolic OH excluding ortho intramolecular Hbond substituents is 1. The van der Waals surface area contributed by atoms with Gasteiger partial charge in [0.25, 0.3) is 0 Å². The van der Waals surface area contributed by atoms with Gasteiger partial charge in [-0.05, 0) is 50.6 Å². The molecule has 0 unspecified atom stereocenters. The molecule has 0 amide bonds. The summed E-state index contributed by atoms with van der Waals surface area (Å²) in [6.45, 7) is 8.04. The third-order valence-corrected chi connectivity index (χ3v) is 4.09. The van der Waals surface area contributed by atoms with Crippen LogP contribution >= 0.6 is 0 Å². The number of anilines is 1. The quantitative estimate of drug-likeness (QED) is 0.693. The van der Waals surface area contributed by atoms with E-state index in [0.717, 1.165) is 29.8 Å². The predicted molar refractivity (Wildman–Crippen MR) is 99.8 cm³/mol. The summed E-state index contributed by atoms with van der Waals surface area (Å²) in [5.41, 5.74) is 4.69. The fourth-order valence-corrected chi connectivity index (χ4v) is 2.73. The van der Waals surface area contributed by atoms with Crippen LogP contribution in [0.1, 0.15) is 25.0 Å². The van der Waals surface area contributed by atoms with Crippen LogP contribution in [0.15, 0.2) is 41.4 Å². The number of hydrogen-bond donors (Lipinski definition) is 2. The molecule has 0 bridgehead atoms. The largest absolute Gasteiger partial charge is 0.507 e. The van der Waals surface area contributed by atoms with Gasteiger partial charge in [0.15, 0.2) is 0 Å². The molecular weight excluding hydrogens is 300 g/mol. The SMILES string of the molecule is CCN(CC)c1ccc(/C=N/c2nc3ccc(C)cc3[nH]2)c(O)c1. The highest BCUT2D eigenvalue weighted by Crippen LogP contribution is 2.24. The molecule has 3 rings (SSSR count). The second-order valence-corrected chi connectivity index (χ2v) is 5.75. The normalized spacial score (nSPS) is 11.5. The molecule has 1 aromatic heterocycles. The van der Waals surface area contributed by atoms with Crippen molar-refractivity contribution in [1.29, 1.82) is 0 Å². The molecule has 3 aromatic rings. The Morgan fingerprint density at radius 2 is 1.96 bits per heavy atom. The van der Waals surface area contributed by atoms with E-state index in [1.165, 1.54) is 5.56 Å². The Labute approximate surface area is 141 Å². The Morgan fingerprint density at radius 3 is 2.67 bits per heavy atom. The van der Waals surface area contributed by atoms with Gasteiger partial charge in [0.05, 0.1) is 11.0 Å². The van der Waals surface area contributed by atoms with Gasteiger partial charge in [0, 0.05) is 36.6 Å². The summed E-state index contributed by atoms with van der Waals surface area (Å²) < 4.78 is 0. The lowest BCUT2D eigenvalue weighted by atomic mass is 10.2. The van der Waals surface area contributed by atoms with E-state index < -0.39 is 0 Å². The molecule has 0 aliphatic heterocycles. The molecule has 2 aromatic carbocycles. The number of H-pyrrole nitrogens is 1. The van der Waals surface area contributed by atoms with Crippen molar-refractivity contribution in [3.8, 4) is 5.75 Å². The van der Waals surface area contributed by atoms with Gasteiger partial charge in [-0.1, -0.05) is 6.07 Å². The number of hydrogen-bond acceptors (Lipinski definition) is 4. The Bertz CT molecular complexity index is 878. The number of phenols is 1. The Morgan fingerprint density at radius 1 is 1.17 bits per heavy atom. The van der Waals surface area contributed by atoms with Crippen LogP contribution in [0.25, 0.3) is 11.0 Å². The minimum absolute atomic E-state index is 0.218. The fraction of sp³-hybridized carbons (Fsp3) is 0.263. The zero-order chi connectivity index (χ0) is 17.1. The molecule has 0 aliphatic carbocycles. The molecule has 1 heterocycles. The average molecular weight is 322 g/mol. The maximum Gasteiger partial charge on any atom is 0.227 e. The van der Waals surface area contributed by atoms with E-state index in [2.05, 4.69) is 33.7 Å². The van der Waals surface area contributed by atoms with E-state index in [1.807, 2.05) is 37.3 Å². The zero-order valence-electron chi connectivity index (χ0n) is 14.2. The van der Waals surface area contributed by atoms with Crippen LogP contribution in [0.5, 0.6) is 5.75 Å². The maximum atomic E-state index is 10.2. The highest BCUT2D eigenvalue weighted by atomic mass is 16.3. The Kier molecular flexibility index (Phi) is 4.51. The topological polar surface area (TPSA) is 64.5 Å². The van der Waals surface area contributed by atoms with Gasteiger partial charge in [0.1, 0.15) is 5.75 Å². The van der Waals surface area contributed by atoms with Crippen LogP contribution in [0.4, 0.5) is 11.6 Å². The molecular formula is C19H22N4O. The first-order chi connectivity index (χ1) is 11.6. The van der Waals surface area contributed by atoms with Gasteiger partial charge in [-0.25, -0.2) is 9.98 Å². The van der Waals surface area contributed by atoms with Crippen LogP contribution in [-0.2, 0) is 0 Å². The van der Waals surface area contributed by atoms with E-state index in [1.54, 1.807) is 12.3 Å². The van der Waals surface area contributed by atoms with Crippen LogP contribution in [0.3, 0.4) is 0 Å². The number of benzene rings is 2. The molecule has 5 heteroatoms. The van der Waals surface area contributed by atoms with Crippen LogP contribution in [0.2, 0.25) is 0 Å². The lowest BCUT2D eigenvalue weighted by molar-refractivity contribution is 0.474. The number of aryl methyl sites for hydroxylation is 1. The van der Waals surface area contributed by atoms with Crippen molar-refractivity contribution < 1.29 is 5.11 Å². The van der Waals surface area contributed by atoms with Gasteiger partial charge in [-0.2, -0.15) is 0 Å². The van der Waals surface area contributed by atoms with Crippen molar-refractivity contribution in [2.24, 2.45) is 4.99 Å². The molecule has 5 nitrogen and oxygen atoms in total. The van der Waals surface area contributed by atoms with Gasteiger partial charge in [-0.15, -0.1) is 0 Å². The number of nitrogens with zero attached hydrogens (tertiary/aromatic N) is 3. The van der Waals surface area contributed by atoms with Gasteiger partial charge < -0.3 is 15.0 Å². The number of nitrogens with one attached hydrogen (secondary N) is 1. The zero-order valence-corrected chi connectivity index (χ0v) is 14.2. The number of rotatable bonds is 5. The molecule has 0 spiro atoms. The third-order valence-electron chi connectivity index (χ3n) is 4.09. The number of aromatic nitrogens is 2. The second kappa shape index (κ2) is 6.74. The molecule has 0 saturated carbocycles. The summed E-state index contributed by atoms with van der Waals surface area (Å²) in [4.78, 5) is 14.1. The minimum Gasteiger partial charge on any atom is -0.507 e. The van der Waals surface area contributed by atoms with E-state index in [-0.39, 0.29) is 5.75 Å². The predicted octanol–water partition coefficient (Wildman–Crippen LogP) is 4.17. The molecule has 0 atom stereocenters. The Balaban J connectivity index is 1.85. The van der Waals surface area contributed by atoms with Crippen molar-refractivity contribution in [2.45, 2.75) is 20.8 Å². The van der Waals surface area contributed by atoms with Crippen LogP contribution in [0, 0.1) is 6.92 Å². The highest BCUT2D eigenvalue weighted by molar-refractivity contribution is 5.86. The van der Waals surface area contributed by atoms with Gasteiger partial charge in [0.2, 0.25) is 5.95 Å². The van der Waals surface area contributed by atoms with Crippen molar-refractivity contribution >= 4 is 28.9 Å². The molecule has 24 heavy (non-hydrogen) atoms. The molecule has 0 fully saturated rings. The number of aromatic hydroxyl groups is 1. The minimum atomic E-state index is 0.218. The number of aliphatic imine (C=N–C) groups is 1. The molecule has 124 valence electrons. The van der Waals surface area contributed by atoms with E-state index >= 15 is 0 Å². The van der Waals surface area contributed by atoms with E-state index in [4.69, 9.17) is 0 Å². The standard InChI is InChI=1S/C19H22N4O/c1-4-23(5-2)15-8-7-14(18(24)11-15)12-20-19-21-16-9-6-13(3)10-17(16)22-19/h6-12,24H,4-5H2,1-3H3,(H,21,22)/b20-12+. The van der Waals surface area contributed by atoms with E-state index in [9.17, 15) is 5.11 Å². The number of fused-ring (bicyclic) bond motifs is 1. The second-order valence-electron chi connectivity index (χ2n) is 5.75. The third kappa shape index (κ3) is 3.25. The monoisotopic (exact) mass is 322 g/mol. The van der Waals surface area contributed by atoms with E-state index in [0.29, 0.717) is 11.5 Å². The van der Waals surface area contributed by atoms with Crippen molar-refractivity contribution in [1.82, 2.24) is 9.97 Å². The molecule has 0 aliphatic rings. The summed E-state index contributed by atoms with van der Waals surface area (Å²) in [5, 5.41) is 10.2. The van der Waals surface area contributed by atoms with Crippen molar-refractivity contribution in [2.75, 3.05) is 18.0 Å². The lowest BCUT2D eigenvalue weighted by Gasteiger charge is -2.21. The van der Waals surface area contributed by atoms with Crippen LogP contribution in [-0.4, -0.2) is 34.4 Å². The summed E-state index contributed by atoms with van der Waals surface area (Å²) in [7, 11) is 0. The fourth-order valence-electron chi connectivity index (χ4n) is 2.73. The average Bonchev–Trinajstić information content (AvgIpc) is 2.97. The smallest absolute Gasteiger partial charge is 0.227 e. The van der Waals surface area contributed by atoms with Crippen LogP contribution < -0.4 is 4.90 Å². The summed E-state index contributed by atoms with van der Waals surface area (Å²) in [6, 6.07) is 11.7. The summed E-state index contributed by atoms with van der Waals surface area (Å²) >= 11 is 0. The van der Waals surface area contributed by atoms with Gasteiger partial charge in [-0.3, -0.25) is 0 Å². The van der Waals surface area contributed by atoms with Crippen molar-refractivity contribution in [3.63, 3.8) is 0 Å². The Hall–Kier alpha value is -2.82. The first-order valence-electron chi connectivity index (χ1n) is 8.19. The number of aromatic amines is 1. The first kappa shape index (κ1) is 16.1. The number of imidazole rings is 1. The lowest BCUT2D eigenvalue weighted by Crippen LogP contribution is -2.21. The summed E-state index contributed by atoms with van der Waals surface area (Å²) in [6.07, 6.45) is 1.63. The summed E-state index contributed by atoms with van der Waals surface area (Å²) in [5.74, 6) is 0.748. The maximum absolute atomic E-state index is 10.2. The molecule has 0 radical (unpaired) electrons.